The molecule has 2 aromatic carbocycles. The van der Waals surface area contributed by atoms with Gasteiger partial charge in [0.1, 0.15) is 11.5 Å². The zero-order chi connectivity index (χ0) is 15.4. The highest BCUT2D eigenvalue weighted by molar-refractivity contribution is 6.30. The van der Waals surface area contributed by atoms with Crippen molar-refractivity contribution in [1.82, 2.24) is 0 Å². The van der Waals surface area contributed by atoms with E-state index in [-0.39, 0.29) is 0 Å². The highest BCUT2D eigenvalue weighted by atomic mass is 35.5. The van der Waals surface area contributed by atoms with Gasteiger partial charge in [-0.2, -0.15) is 0 Å². The average Bonchev–Trinajstić information content (AvgIpc) is 2.44. The van der Waals surface area contributed by atoms with Crippen molar-refractivity contribution < 1.29 is 4.74 Å². The molecule has 1 atom stereocenters. The monoisotopic (exact) mass is 303 g/mol. The summed E-state index contributed by atoms with van der Waals surface area (Å²) in [7, 11) is 0. The molecule has 0 aliphatic carbocycles. The molecule has 0 heterocycles. The molecule has 0 aliphatic rings. The zero-order valence-electron chi connectivity index (χ0n) is 12.8. The van der Waals surface area contributed by atoms with E-state index in [1.807, 2.05) is 42.5 Å². The number of para-hydroxylation sites is 2. The minimum atomic E-state index is 0.406. The molecule has 0 aliphatic heterocycles. The van der Waals surface area contributed by atoms with Crippen LogP contribution in [0.15, 0.2) is 42.5 Å². The molecule has 0 saturated heterocycles. The summed E-state index contributed by atoms with van der Waals surface area (Å²) in [6.07, 6.45) is 1.04. The number of hydrogen-bond acceptors (Lipinski definition) is 2. The Kier molecular flexibility index (Phi) is 5.13. The van der Waals surface area contributed by atoms with Crippen molar-refractivity contribution in [2.24, 2.45) is 5.92 Å². The van der Waals surface area contributed by atoms with Gasteiger partial charge in [-0.25, -0.2) is 0 Å². The first kappa shape index (κ1) is 15.7. The van der Waals surface area contributed by atoms with Crippen LogP contribution >= 0.6 is 11.6 Å². The van der Waals surface area contributed by atoms with Gasteiger partial charge in [0.2, 0.25) is 0 Å². The Morgan fingerprint density at radius 3 is 2.43 bits per heavy atom. The molecule has 0 aromatic heterocycles. The SMILES string of the molecule is CCC(c1cc(Cl)ccc1Oc1ccccc1N)C(C)C. The van der Waals surface area contributed by atoms with E-state index in [2.05, 4.69) is 20.8 Å². The summed E-state index contributed by atoms with van der Waals surface area (Å²) in [6.45, 7) is 6.62. The minimum absolute atomic E-state index is 0.406. The van der Waals surface area contributed by atoms with Crippen molar-refractivity contribution in [3.05, 3.63) is 53.1 Å². The molecule has 2 aromatic rings. The van der Waals surface area contributed by atoms with Gasteiger partial charge in [-0.15, -0.1) is 0 Å². The van der Waals surface area contributed by atoms with Crippen molar-refractivity contribution >= 4 is 17.3 Å². The summed E-state index contributed by atoms with van der Waals surface area (Å²) in [5.41, 5.74) is 7.74. The number of benzene rings is 2. The number of ether oxygens (including phenoxy) is 1. The van der Waals surface area contributed by atoms with Crippen LogP contribution in [0.2, 0.25) is 5.02 Å². The lowest BCUT2D eigenvalue weighted by molar-refractivity contribution is 0.438. The van der Waals surface area contributed by atoms with Gasteiger partial charge >= 0.3 is 0 Å². The number of halogens is 1. The highest BCUT2D eigenvalue weighted by Gasteiger charge is 2.19. The summed E-state index contributed by atoms with van der Waals surface area (Å²) in [6, 6.07) is 13.3. The van der Waals surface area contributed by atoms with E-state index in [0.29, 0.717) is 23.3 Å². The number of rotatable bonds is 5. The Hall–Kier alpha value is -1.67. The quantitative estimate of drug-likeness (QED) is 0.702. The molecule has 0 spiro atoms. The molecule has 3 heteroatoms. The second-order valence-corrected chi connectivity index (χ2v) is 6.02. The molecule has 2 N–H and O–H groups in total. The summed E-state index contributed by atoms with van der Waals surface area (Å²) in [5, 5.41) is 0.734. The summed E-state index contributed by atoms with van der Waals surface area (Å²) in [5.74, 6) is 2.44. The fourth-order valence-electron chi connectivity index (χ4n) is 2.64. The van der Waals surface area contributed by atoms with Gasteiger partial charge in [0, 0.05) is 5.02 Å². The maximum atomic E-state index is 6.18. The van der Waals surface area contributed by atoms with Crippen LogP contribution in [-0.2, 0) is 0 Å². The molecule has 2 nitrogen and oxygen atoms in total. The van der Waals surface area contributed by atoms with Crippen LogP contribution in [-0.4, -0.2) is 0 Å². The Balaban J connectivity index is 2.42. The van der Waals surface area contributed by atoms with Crippen molar-refractivity contribution in [2.75, 3.05) is 5.73 Å². The molecule has 0 fully saturated rings. The normalized spacial score (nSPS) is 12.4. The van der Waals surface area contributed by atoms with Gasteiger partial charge in [0.05, 0.1) is 5.69 Å². The Labute approximate surface area is 131 Å². The Bertz CT molecular complexity index is 610. The first-order valence-electron chi connectivity index (χ1n) is 7.34. The van der Waals surface area contributed by atoms with Crippen LogP contribution < -0.4 is 10.5 Å². The van der Waals surface area contributed by atoms with E-state index < -0.39 is 0 Å². The lowest BCUT2D eigenvalue weighted by Gasteiger charge is -2.23. The van der Waals surface area contributed by atoms with Gasteiger partial charge in [0.25, 0.3) is 0 Å². The van der Waals surface area contributed by atoms with Gasteiger partial charge in [-0.05, 0) is 54.2 Å². The summed E-state index contributed by atoms with van der Waals surface area (Å²) < 4.78 is 6.04. The third-order valence-corrected chi connectivity index (χ3v) is 3.99. The van der Waals surface area contributed by atoms with E-state index >= 15 is 0 Å². The fraction of sp³-hybridized carbons (Fsp3) is 0.333. The van der Waals surface area contributed by atoms with Gasteiger partial charge in [-0.1, -0.05) is 44.5 Å². The zero-order valence-corrected chi connectivity index (χ0v) is 13.5. The van der Waals surface area contributed by atoms with E-state index in [9.17, 15) is 0 Å². The van der Waals surface area contributed by atoms with E-state index in [1.165, 1.54) is 0 Å². The van der Waals surface area contributed by atoms with Gasteiger partial charge in [-0.3, -0.25) is 0 Å². The Morgan fingerprint density at radius 2 is 1.81 bits per heavy atom. The van der Waals surface area contributed by atoms with Crippen molar-refractivity contribution in [2.45, 2.75) is 33.1 Å². The largest absolute Gasteiger partial charge is 0.455 e. The predicted molar refractivity (Wildman–Crippen MR) is 90.3 cm³/mol. The number of nitrogen functional groups attached to an aromatic ring is 1. The second-order valence-electron chi connectivity index (χ2n) is 5.58. The highest BCUT2D eigenvalue weighted by Crippen LogP contribution is 2.39. The molecule has 0 radical (unpaired) electrons. The molecule has 1 unspecified atom stereocenters. The van der Waals surface area contributed by atoms with Crippen molar-refractivity contribution in [1.29, 1.82) is 0 Å². The van der Waals surface area contributed by atoms with Crippen LogP contribution in [0.1, 0.15) is 38.7 Å². The van der Waals surface area contributed by atoms with E-state index in [0.717, 1.165) is 22.8 Å². The van der Waals surface area contributed by atoms with Crippen molar-refractivity contribution in [3.63, 3.8) is 0 Å². The Morgan fingerprint density at radius 1 is 1.10 bits per heavy atom. The summed E-state index contributed by atoms with van der Waals surface area (Å²) in [4.78, 5) is 0. The molecule has 2 rings (SSSR count). The van der Waals surface area contributed by atoms with Gasteiger partial charge < -0.3 is 10.5 Å². The molecule has 0 bridgehead atoms. The van der Waals surface area contributed by atoms with Crippen LogP contribution in [0.3, 0.4) is 0 Å². The van der Waals surface area contributed by atoms with Crippen molar-refractivity contribution in [3.8, 4) is 11.5 Å². The number of nitrogens with two attached hydrogens (primary N) is 1. The molecule has 112 valence electrons. The number of anilines is 1. The first-order chi connectivity index (χ1) is 10.0. The van der Waals surface area contributed by atoms with Crippen LogP contribution in [0.25, 0.3) is 0 Å². The maximum absolute atomic E-state index is 6.18. The standard InChI is InChI=1S/C18H22ClNO/c1-4-14(12(2)3)15-11-13(19)9-10-17(15)21-18-8-6-5-7-16(18)20/h5-12,14H,4,20H2,1-3H3. The molecule has 0 saturated carbocycles. The summed E-state index contributed by atoms with van der Waals surface area (Å²) >= 11 is 6.18. The maximum Gasteiger partial charge on any atom is 0.150 e. The lowest BCUT2D eigenvalue weighted by Crippen LogP contribution is -2.07. The fourth-order valence-corrected chi connectivity index (χ4v) is 2.82. The lowest BCUT2D eigenvalue weighted by atomic mass is 9.86. The number of hydrogen-bond donors (Lipinski definition) is 1. The first-order valence-corrected chi connectivity index (χ1v) is 7.72. The third-order valence-electron chi connectivity index (χ3n) is 3.75. The predicted octanol–water partition coefficient (Wildman–Crippen LogP) is 5.86. The third kappa shape index (κ3) is 3.70. The molecule has 0 amide bonds. The molecular formula is C18H22ClNO. The minimum Gasteiger partial charge on any atom is -0.455 e. The molecular weight excluding hydrogens is 282 g/mol. The van der Waals surface area contributed by atoms with Crippen LogP contribution in [0.4, 0.5) is 5.69 Å². The average molecular weight is 304 g/mol. The second kappa shape index (κ2) is 6.86. The van der Waals surface area contributed by atoms with Crippen LogP contribution in [0.5, 0.6) is 11.5 Å². The van der Waals surface area contributed by atoms with E-state index in [4.69, 9.17) is 22.1 Å². The van der Waals surface area contributed by atoms with Gasteiger partial charge in [0.15, 0.2) is 0 Å². The van der Waals surface area contributed by atoms with E-state index in [1.54, 1.807) is 0 Å². The van der Waals surface area contributed by atoms with Crippen LogP contribution in [0, 0.1) is 5.92 Å². The molecule has 21 heavy (non-hydrogen) atoms. The topological polar surface area (TPSA) is 35.2 Å². The smallest absolute Gasteiger partial charge is 0.150 e.